The second kappa shape index (κ2) is 5.65. The summed E-state index contributed by atoms with van der Waals surface area (Å²) in [6.45, 7) is 4.31. The number of halogens is 1. The van der Waals surface area contributed by atoms with Crippen molar-refractivity contribution in [3.05, 3.63) is 46.2 Å². The van der Waals surface area contributed by atoms with Gasteiger partial charge in [0.25, 0.3) is 0 Å². The standard InChI is InChI=1S/C13H14FNS2/c1-9(2)12-7-15-13(17-12)8-16-11-6-4-3-5-10(11)14/h3-7,9H,8H2,1-2H3. The molecule has 0 unspecified atom stereocenters. The minimum absolute atomic E-state index is 0.155. The highest BCUT2D eigenvalue weighted by Gasteiger charge is 2.07. The van der Waals surface area contributed by atoms with Crippen LogP contribution in [0.15, 0.2) is 35.4 Å². The lowest BCUT2D eigenvalue weighted by molar-refractivity contribution is 0.602. The summed E-state index contributed by atoms with van der Waals surface area (Å²) in [5.41, 5.74) is 0. The highest BCUT2D eigenvalue weighted by molar-refractivity contribution is 7.98. The zero-order valence-corrected chi connectivity index (χ0v) is 11.4. The van der Waals surface area contributed by atoms with Crippen LogP contribution in [0.5, 0.6) is 0 Å². The molecule has 4 heteroatoms. The number of hydrogen-bond donors (Lipinski definition) is 0. The average molecular weight is 267 g/mol. The molecule has 2 aromatic rings. The van der Waals surface area contributed by atoms with Crippen molar-refractivity contribution >= 4 is 23.1 Å². The van der Waals surface area contributed by atoms with Gasteiger partial charge in [0.1, 0.15) is 10.8 Å². The Morgan fingerprint density at radius 1 is 1.35 bits per heavy atom. The van der Waals surface area contributed by atoms with E-state index in [0.717, 1.165) is 10.8 Å². The van der Waals surface area contributed by atoms with Gasteiger partial charge in [-0.3, -0.25) is 0 Å². The molecular formula is C13H14FNS2. The van der Waals surface area contributed by atoms with E-state index in [9.17, 15) is 4.39 Å². The van der Waals surface area contributed by atoms with Crippen LogP contribution < -0.4 is 0 Å². The number of aromatic nitrogens is 1. The van der Waals surface area contributed by atoms with Gasteiger partial charge in [-0.15, -0.1) is 23.1 Å². The number of nitrogens with zero attached hydrogens (tertiary/aromatic N) is 1. The Morgan fingerprint density at radius 2 is 2.12 bits per heavy atom. The predicted molar refractivity (Wildman–Crippen MR) is 72.2 cm³/mol. The fourth-order valence-electron chi connectivity index (χ4n) is 1.36. The third-order valence-corrected chi connectivity index (χ3v) is 4.87. The highest BCUT2D eigenvalue weighted by atomic mass is 32.2. The number of hydrogen-bond acceptors (Lipinski definition) is 3. The van der Waals surface area contributed by atoms with Crippen molar-refractivity contribution in [1.82, 2.24) is 4.98 Å². The Morgan fingerprint density at radius 3 is 2.76 bits per heavy atom. The van der Waals surface area contributed by atoms with Crippen LogP contribution in [-0.4, -0.2) is 4.98 Å². The summed E-state index contributed by atoms with van der Waals surface area (Å²) < 4.78 is 13.4. The summed E-state index contributed by atoms with van der Waals surface area (Å²) in [7, 11) is 0. The molecule has 0 N–H and O–H groups in total. The largest absolute Gasteiger partial charge is 0.248 e. The summed E-state index contributed by atoms with van der Waals surface area (Å²) in [4.78, 5) is 6.33. The van der Waals surface area contributed by atoms with Crippen molar-refractivity contribution in [2.45, 2.75) is 30.4 Å². The van der Waals surface area contributed by atoms with E-state index >= 15 is 0 Å². The molecule has 0 bridgehead atoms. The average Bonchev–Trinajstić information content (AvgIpc) is 2.77. The van der Waals surface area contributed by atoms with Gasteiger partial charge in [0.2, 0.25) is 0 Å². The molecule has 1 aromatic heterocycles. The molecule has 0 aliphatic carbocycles. The third-order valence-electron chi connectivity index (χ3n) is 2.33. The van der Waals surface area contributed by atoms with Crippen molar-refractivity contribution in [2.75, 3.05) is 0 Å². The Bertz CT molecular complexity index is 494. The molecule has 0 atom stereocenters. The summed E-state index contributed by atoms with van der Waals surface area (Å²) in [6, 6.07) is 6.85. The Hall–Kier alpha value is -0.870. The number of rotatable bonds is 4. The lowest BCUT2D eigenvalue weighted by Gasteiger charge is -2.00. The highest BCUT2D eigenvalue weighted by Crippen LogP contribution is 2.29. The maximum absolute atomic E-state index is 13.4. The summed E-state index contributed by atoms with van der Waals surface area (Å²) in [5, 5.41) is 1.06. The van der Waals surface area contributed by atoms with E-state index in [1.165, 1.54) is 22.7 Å². The molecule has 0 radical (unpaired) electrons. The number of thiazole rings is 1. The SMILES string of the molecule is CC(C)c1cnc(CSc2ccccc2F)s1. The second-order valence-electron chi connectivity index (χ2n) is 4.03. The lowest BCUT2D eigenvalue weighted by Crippen LogP contribution is -1.81. The van der Waals surface area contributed by atoms with Crippen LogP contribution in [0.25, 0.3) is 0 Å². The van der Waals surface area contributed by atoms with Crippen molar-refractivity contribution in [3.8, 4) is 0 Å². The number of benzene rings is 1. The zero-order valence-electron chi connectivity index (χ0n) is 9.81. The fraction of sp³-hybridized carbons (Fsp3) is 0.308. The Labute approximate surface area is 109 Å². The van der Waals surface area contributed by atoms with Gasteiger partial charge >= 0.3 is 0 Å². The van der Waals surface area contributed by atoms with Crippen LogP contribution in [0, 0.1) is 5.82 Å². The van der Waals surface area contributed by atoms with Crippen LogP contribution >= 0.6 is 23.1 Å². The van der Waals surface area contributed by atoms with Crippen LogP contribution in [-0.2, 0) is 5.75 Å². The first-order valence-electron chi connectivity index (χ1n) is 5.48. The maximum atomic E-state index is 13.4. The van der Waals surface area contributed by atoms with E-state index < -0.39 is 0 Å². The van der Waals surface area contributed by atoms with E-state index in [0.29, 0.717) is 10.8 Å². The number of thioether (sulfide) groups is 1. The van der Waals surface area contributed by atoms with Crippen LogP contribution in [0.1, 0.15) is 29.7 Å². The third kappa shape index (κ3) is 3.30. The van der Waals surface area contributed by atoms with Gasteiger partial charge in [0.05, 0.1) is 5.75 Å². The Kier molecular flexibility index (Phi) is 4.18. The molecule has 17 heavy (non-hydrogen) atoms. The Balaban J connectivity index is 2.00. The molecule has 1 aromatic carbocycles. The molecule has 0 saturated carbocycles. The normalized spacial score (nSPS) is 11.1. The predicted octanol–water partition coefficient (Wildman–Crippen LogP) is 4.70. The van der Waals surface area contributed by atoms with Gasteiger partial charge in [0.15, 0.2) is 0 Å². The van der Waals surface area contributed by atoms with Crippen molar-refractivity contribution in [2.24, 2.45) is 0 Å². The molecule has 0 spiro atoms. The van der Waals surface area contributed by atoms with Gasteiger partial charge in [0, 0.05) is 16.0 Å². The van der Waals surface area contributed by atoms with Crippen molar-refractivity contribution in [1.29, 1.82) is 0 Å². The van der Waals surface area contributed by atoms with Gasteiger partial charge in [-0.1, -0.05) is 26.0 Å². The first-order valence-corrected chi connectivity index (χ1v) is 7.29. The molecule has 1 nitrogen and oxygen atoms in total. The van der Waals surface area contributed by atoms with E-state index in [1.54, 1.807) is 23.5 Å². The van der Waals surface area contributed by atoms with Crippen LogP contribution in [0.2, 0.25) is 0 Å². The van der Waals surface area contributed by atoms with Gasteiger partial charge in [-0.25, -0.2) is 9.37 Å². The van der Waals surface area contributed by atoms with Crippen molar-refractivity contribution < 1.29 is 4.39 Å². The fourth-order valence-corrected chi connectivity index (χ4v) is 3.22. The first kappa shape index (κ1) is 12.6. The van der Waals surface area contributed by atoms with Crippen molar-refractivity contribution in [3.63, 3.8) is 0 Å². The molecule has 0 saturated heterocycles. The molecule has 0 amide bonds. The van der Waals surface area contributed by atoms with Crippen LogP contribution in [0.3, 0.4) is 0 Å². The van der Waals surface area contributed by atoms with E-state index in [4.69, 9.17) is 0 Å². The van der Waals surface area contributed by atoms with Gasteiger partial charge in [-0.05, 0) is 18.1 Å². The van der Waals surface area contributed by atoms with Crippen LogP contribution in [0.4, 0.5) is 4.39 Å². The summed E-state index contributed by atoms with van der Waals surface area (Å²) >= 11 is 3.21. The molecule has 90 valence electrons. The topological polar surface area (TPSA) is 12.9 Å². The zero-order chi connectivity index (χ0) is 12.3. The maximum Gasteiger partial charge on any atom is 0.136 e. The molecule has 0 aliphatic heterocycles. The van der Waals surface area contributed by atoms with Gasteiger partial charge < -0.3 is 0 Å². The van der Waals surface area contributed by atoms with Gasteiger partial charge in [-0.2, -0.15) is 0 Å². The lowest BCUT2D eigenvalue weighted by atomic mass is 10.2. The summed E-state index contributed by atoms with van der Waals surface area (Å²) in [6.07, 6.45) is 1.92. The van der Waals surface area contributed by atoms with E-state index in [2.05, 4.69) is 18.8 Å². The monoisotopic (exact) mass is 267 g/mol. The molecular weight excluding hydrogens is 253 g/mol. The second-order valence-corrected chi connectivity index (χ2v) is 6.19. The van der Waals surface area contributed by atoms with E-state index in [1.807, 2.05) is 12.3 Å². The molecule has 2 rings (SSSR count). The molecule has 0 aliphatic rings. The smallest absolute Gasteiger partial charge is 0.136 e. The first-order chi connectivity index (χ1) is 8.16. The van der Waals surface area contributed by atoms with E-state index in [-0.39, 0.29) is 5.82 Å². The minimum atomic E-state index is -0.155. The minimum Gasteiger partial charge on any atom is -0.248 e. The summed E-state index contributed by atoms with van der Waals surface area (Å²) in [5.74, 6) is 1.09. The quantitative estimate of drug-likeness (QED) is 0.745. The molecule has 1 heterocycles. The molecule has 0 fully saturated rings.